The minimum absolute atomic E-state index is 0. The number of esters is 1. The topological polar surface area (TPSA) is 102 Å². The van der Waals surface area contributed by atoms with Gasteiger partial charge in [-0.1, -0.05) is 12.1 Å². The van der Waals surface area contributed by atoms with Crippen molar-refractivity contribution in [2.24, 2.45) is 10.9 Å². The number of hydrogen-bond donors (Lipinski definition) is 1. The fraction of sp³-hybridized carbons (Fsp3) is 0.611. The fourth-order valence-electron chi connectivity index (χ4n) is 3.36. The first-order valence-electron chi connectivity index (χ1n) is 9.57. The summed E-state index contributed by atoms with van der Waals surface area (Å²) < 4.78 is 8.28. The molecule has 2 aromatic rings. The van der Waals surface area contributed by atoms with E-state index in [2.05, 4.69) is 48.7 Å². The summed E-state index contributed by atoms with van der Waals surface area (Å²) in [5.41, 5.74) is 0.704. The highest BCUT2D eigenvalue weighted by atomic mass is 127. The van der Waals surface area contributed by atoms with Crippen LogP contribution in [0.3, 0.4) is 0 Å². The predicted octanol–water partition coefficient (Wildman–Crippen LogP) is 1.31. The molecule has 1 N–H and O–H groups in total. The minimum atomic E-state index is -0.360. The number of guanidine groups is 1. The molecule has 0 aliphatic carbocycles. The van der Waals surface area contributed by atoms with E-state index < -0.39 is 0 Å². The third-order valence-corrected chi connectivity index (χ3v) is 4.96. The molecule has 160 valence electrons. The van der Waals surface area contributed by atoms with Crippen LogP contribution in [0.1, 0.15) is 32.0 Å². The molecule has 29 heavy (non-hydrogen) atoms. The van der Waals surface area contributed by atoms with E-state index in [9.17, 15) is 4.79 Å². The number of imidazole rings is 1. The highest BCUT2D eigenvalue weighted by Gasteiger charge is 2.28. The van der Waals surface area contributed by atoms with Gasteiger partial charge in [-0.25, -0.2) is 14.7 Å². The zero-order valence-corrected chi connectivity index (χ0v) is 19.4. The van der Waals surface area contributed by atoms with Crippen LogP contribution in [0.2, 0.25) is 0 Å². The molecule has 0 spiro atoms. The monoisotopic (exact) mass is 516 g/mol. The van der Waals surface area contributed by atoms with E-state index in [1.165, 1.54) is 11.8 Å². The van der Waals surface area contributed by atoms with Gasteiger partial charge in [-0.3, -0.25) is 4.79 Å². The smallest absolute Gasteiger partial charge is 0.327 e. The number of nitrogens with zero attached hydrogens (tertiary/aromatic N) is 7. The van der Waals surface area contributed by atoms with Crippen LogP contribution < -0.4 is 5.32 Å². The maximum absolute atomic E-state index is 11.3. The zero-order chi connectivity index (χ0) is 19.9. The maximum Gasteiger partial charge on any atom is 0.327 e. The van der Waals surface area contributed by atoms with Crippen LogP contribution in [0.5, 0.6) is 0 Å². The summed E-state index contributed by atoms with van der Waals surface area (Å²) in [6.07, 6.45) is 8.53. The van der Waals surface area contributed by atoms with Crippen molar-refractivity contribution < 1.29 is 9.53 Å². The number of aliphatic imine (C=N–C) groups is 1. The Morgan fingerprint density at radius 1 is 1.45 bits per heavy atom. The van der Waals surface area contributed by atoms with Gasteiger partial charge in [-0.05, 0) is 19.3 Å². The van der Waals surface area contributed by atoms with Crippen molar-refractivity contribution in [3.05, 3.63) is 30.6 Å². The van der Waals surface area contributed by atoms with Gasteiger partial charge in [0.15, 0.2) is 5.96 Å². The Balaban J connectivity index is 0.00000300. The van der Waals surface area contributed by atoms with Gasteiger partial charge >= 0.3 is 5.97 Å². The van der Waals surface area contributed by atoms with Gasteiger partial charge in [-0.2, -0.15) is 0 Å². The predicted molar refractivity (Wildman–Crippen MR) is 119 cm³/mol. The van der Waals surface area contributed by atoms with E-state index in [4.69, 9.17) is 4.99 Å². The van der Waals surface area contributed by atoms with Crippen LogP contribution in [0, 0.1) is 5.92 Å². The fourth-order valence-corrected chi connectivity index (χ4v) is 3.36. The summed E-state index contributed by atoms with van der Waals surface area (Å²) in [6.45, 7) is 7.39. The lowest BCUT2D eigenvalue weighted by Crippen LogP contribution is -2.49. The Hall–Kier alpha value is -2.18. The van der Waals surface area contributed by atoms with Crippen molar-refractivity contribution in [3.8, 4) is 0 Å². The van der Waals surface area contributed by atoms with E-state index in [-0.39, 0.29) is 36.5 Å². The Kier molecular flexibility index (Phi) is 8.86. The van der Waals surface area contributed by atoms with E-state index >= 15 is 0 Å². The third kappa shape index (κ3) is 6.15. The molecular weight excluding hydrogens is 487 g/mol. The Labute approximate surface area is 187 Å². The van der Waals surface area contributed by atoms with Gasteiger partial charge in [0, 0.05) is 32.0 Å². The van der Waals surface area contributed by atoms with Gasteiger partial charge in [0.2, 0.25) is 0 Å². The molecular formula is C18H29IN8O2. The van der Waals surface area contributed by atoms with Crippen LogP contribution in [-0.2, 0) is 22.6 Å². The molecule has 0 bridgehead atoms. The van der Waals surface area contributed by atoms with Gasteiger partial charge in [0.25, 0.3) is 0 Å². The lowest BCUT2D eigenvalue weighted by atomic mass is 9.93. The molecule has 3 heterocycles. The molecule has 0 aromatic carbocycles. The number of carbonyl (C=O) groups is 1. The summed E-state index contributed by atoms with van der Waals surface area (Å²) in [6, 6.07) is 0.362. The van der Waals surface area contributed by atoms with Crippen LogP contribution in [0.15, 0.2) is 29.9 Å². The van der Waals surface area contributed by atoms with Crippen LogP contribution in [0.25, 0.3) is 0 Å². The van der Waals surface area contributed by atoms with Gasteiger partial charge in [0.05, 0.1) is 32.2 Å². The average molecular weight is 516 g/mol. The zero-order valence-electron chi connectivity index (χ0n) is 17.1. The molecule has 10 nitrogen and oxygen atoms in total. The first-order valence-corrected chi connectivity index (χ1v) is 9.57. The maximum atomic E-state index is 11.3. The number of piperidine rings is 1. The van der Waals surface area contributed by atoms with Crippen molar-refractivity contribution in [2.75, 3.05) is 26.7 Å². The number of hydrogen-bond acceptors (Lipinski definition) is 6. The Bertz CT molecular complexity index is 792. The van der Waals surface area contributed by atoms with Crippen LogP contribution in [0.4, 0.5) is 0 Å². The van der Waals surface area contributed by atoms with Crippen LogP contribution >= 0.6 is 24.0 Å². The van der Waals surface area contributed by atoms with E-state index in [1.54, 1.807) is 6.20 Å². The second-order valence-corrected chi connectivity index (χ2v) is 6.94. The third-order valence-electron chi connectivity index (χ3n) is 4.96. The number of methoxy groups -OCH3 is 1. The summed E-state index contributed by atoms with van der Waals surface area (Å²) in [4.78, 5) is 22.6. The highest BCUT2D eigenvalue weighted by molar-refractivity contribution is 14.0. The van der Waals surface area contributed by atoms with Crippen molar-refractivity contribution in [1.82, 2.24) is 34.8 Å². The Morgan fingerprint density at radius 2 is 2.28 bits per heavy atom. The standard InChI is InChI=1S/C18H28N8O2.HI/c1-4-20-18(21-9-15-10-26(23-22-15)12-17(27)28-3)24-7-5-14(2)16(11-24)25-8-6-19-13-25;/h6,8,10,13-14,16H,4-5,7,9,11-12H2,1-3H3,(H,20,21);1H. The Morgan fingerprint density at radius 3 is 2.97 bits per heavy atom. The average Bonchev–Trinajstić information content (AvgIpc) is 3.38. The van der Waals surface area contributed by atoms with Crippen molar-refractivity contribution in [1.29, 1.82) is 0 Å². The van der Waals surface area contributed by atoms with E-state index in [1.807, 2.05) is 18.7 Å². The van der Waals surface area contributed by atoms with Crippen molar-refractivity contribution in [2.45, 2.75) is 39.4 Å². The number of ether oxygens (including phenoxy) is 1. The van der Waals surface area contributed by atoms with E-state index in [0.29, 0.717) is 24.2 Å². The van der Waals surface area contributed by atoms with Gasteiger partial charge in [0.1, 0.15) is 12.2 Å². The highest BCUT2D eigenvalue weighted by Crippen LogP contribution is 2.27. The second kappa shape index (κ2) is 11.1. The quantitative estimate of drug-likeness (QED) is 0.268. The summed E-state index contributed by atoms with van der Waals surface area (Å²) in [7, 11) is 1.35. The van der Waals surface area contributed by atoms with E-state index in [0.717, 1.165) is 32.0 Å². The number of halogens is 1. The summed E-state index contributed by atoms with van der Waals surface area (Å²) >= 11 is 0. The summed E-state index contributed by atoms with van der Waals surface area (Å²) in [5, 5.41) is 11.4. The molecule has 3 rings (SSSR count). The first kappa shape index (κ1) is 23.1. The molecule has 1 aliphatic heterocycles. The van der Waals surface area contributed by atoms with Gasteiger partial charge < -0.3 is 19.5 Å². The minimum Gasteiger partial charge on any atom is -0.468 e. The number of likely N-dealkylation sites (tertiary alicyclic amines) is 1. The number of rotatable bonds is 6. The molecule has 1 saturated heterocycles. The van der Waals surface area contributed by atoms with Crippen molar-refractivity contribution in [3.63, 3.8) is 0 Å². The SMILES string of the molecule is CCNC(=NCc1cn(CC(=O)OC)nn1)N1CCC(C)C(n2ccnc2)C1.I. The molecule has 2 atom stereocenters. The lowest BCUT2D eigenvalue weighted by molar-refractivity contribution is -0.141. The summed E-state index contributed by atoms with van der Waals surface area (Å²) in [5.74, 6) is 1.08. The molecule has 0 saturated carbocycles. The number of nitrogens with one attached hydrogen (secondary N) is 1. The second-order valence-electron chi connectivity index (χ2n) is 6.94. The lowest BCUT2D eigenvalue weighted by Gasteiger charge is -2.39. The number of aromatic nitrogens is 5. The van der Waals surface area contributed by atoms with Crippen molar-refractivity contribution >= 4 is 35.9 Å². The molecule has 11 heteroatoms. The number of carbonyl (C=O) groups excluding carboxylic acids is 1. The molecule has 1 aliphatic rings. The molecule has 0 radical (unpaired) electrons. The largest absolute Gasteiger partial charge is 0.468 e. The molecule has 0 amide bonds. The molecule has 2 unspecified atom stereocenters. The van der Waals surface area contributed by atoms with Crippen LogP contribution in [-0.4, -0.2) is 68.1 Å². The normalized spacial score (nSPS) is 19.6. The molecule has 1 fully saturated rings. The van der Waals surface area contributed by atoms with Gasteiger partial charge in [-0.15, -0.1) is 29.1 Å². The molecule has 2 aromatic heterocycles. The first-order chi connectivity index (χ1) is 13.6.